The monoisotopic (exact) mass is 200 g/mol. The zero-order valence-corrected chi connectivity index (χ0v) is 9.28. The van der Waals surface area contributed by atoms with E-state index in [2.05, 4.69) is 11.8 Å². The molecule has 1 heterocycles. The topological polar surface area (TPSA) is 49.5 Å². The van der Waals surface area contributed by atoms with E-state index in [0.717, 1.165) is 19.0 Å². The van der Waals surface area contributed by atoms with Gasteiger partial charge in [0.2, 0.25) is 0 Å². The summed E-state index contributed by atoms with van der Waals surface area (Å²) in [6, 6.07) is 0.744. The maximum atomic E-state index is 9.40. The Morgan fingerprint density at radius 3 is 2.93 bits per heavy atom. The summed E-state index contributed by atoms with van der Waals surface area (Å²) in [6.07, 6.45) is 5.76. The van der Waals surface area contributed by atoms with Crippen molar-refractivity contribution in [2.75, 3.05) is 19.6 Å². The molecular formula is C11H24N2O. The molecule has 14 heavy (non-hydrogen) atoms. The summed E-state index contributed by atoms with van der Waals surface area (Å²) in [5, 5.41) is 9.40. The van der Waals surface area contributed by atoms with Crippen molar-refractivity contribution in [1.29, 1.82) is 0 Å². The second kappa shape index (κ2) is 6.38. The quantitative estimate of drug-likeness (QED) is 0.695. The van der Waals surface area contributed by atoms with Gasteiger partial charge in [-0.2, -0.15) is 0 Å². The minimum atomic E-state index is -0.311. The zero-order valence-electron chi connectivity index (χ0n) is 9.28. The molecule has 0 aliphatic carbocycles. The Hall–Kier alpha value is -0.120. The Labute approximate surface area is 87.3 Å². The van der Waals surface area contributed by atoms with Gasteiger partial charge in [0.15, 0.2) is 0 Å². The van der Waals surface area contributed by atoms with Crippen LogP contribution in [0.25, 0.3) is 0 Å². The third-order valence-corrected chi connectivity index (χ3v) is 3.24. The molecule has 1 aliphatic heterocycles. The van der Waals surface area contributed by atoms with Gasteiger partial charge in [-0.1, -0.05) is 13.3 Å². The first-order chi connectivity index (χ1) is 6.77. The minimum absolute atomic E-state index is 0.311. The Kier molecular flexibility index (Phi) is 5.45. The second-order valence-corrected chi connectivity index (χ2v) is 4.27. The fourth-order valence-electron chi connectivity index (χ4n) is 2.25. The average Bonchev–Trinajstić information content (AvgIpc) is 2.26. The first-order valence-corrected chi connectivity index (χ1v) is 5.90. The molecule has 3 nitrogen and oxygen atoms in total. The Morgan fingerprint density at radius 1 is 1.50 bits per heavy atom. The number of nitrogens with two attached hydrogens (primary N) is 1. The highest BCUT2D eigenvalue weighted by molar-refractivity contribution is 4.76. The molecule has 1 rings (SSSR count). The number of nitrogens with zero attached hydrogens (tertiary/aromatic N) is 1. The molecule has 0 aromatic carbocycles. The number of hydrogen-bond acceptors (Lipinski definition) is 3. The predicted octanol–water partition coefficient (Wildman–Crippen LogP) is 0.961. The fraction of sp³-hybridized carbons (Fsp3) is 1.00. The van der Waals surface area contributed by atoms with Crippen LogP contribution in [-0.2, 0) is 0 Å². The number of piperidine rings is 1. The first-order valence-electron chi connectivity index (χ1n) is 5.90. The SMILES string of the molecule is CCC1CCCCN1CCC(O)CN. The lowest BCUT2D eigenvalue weighted by atomic mass is 9.99. The normalized spacial score (nSPS) is 26.4. The predicted molar refractivity (Wildman–Crippen MR) is 59.2 cm³/mol. The van der Waals surface area contributed by atoms with Crippen LogP contribution in [0.3, 0.4) is 0 Å². The average molecular weight is 200 g/mol. The van der Waals surface area contributed by atoms with Crippen LogP contribution in [0.4, 0.5) is 0 Å². The smallest absolute Gasteiger partial charge is 0.0674 e. The fourth-order valence-corrected chi connectivity index (χ4v) is 2.25. The summed E-state index contributed by atoms with van der Waals surface area (Å²) in [5.74, 6) is 0. The lowest BCUT2D eigenvalue weighted by Crippen LogP contribution is -2.41. The standard InChI is InChI=1S/C11H24N2O/c1-2-10-5-3-4-7-13(10)8-6-11(14)9-12/h10-11,14H,2-9,12H2,1H3. The molecule has 0 aromatic heterocycles. The Bertz CT molecular complexity index is 152. The number of hydrogen-bond donors (Lipinski definition) is 2. The van der Waals surface area contributed by atoms with E-state index < -0.39 is 0 Å². The molecule has 0 saturated carbocycles. The van der Waals surface area contributed by atoms with Gasteiger partial charge in [0.25, 0.3) is 0 Å². The molecule has 84 valence electrons. The maximum Gasteiger partial charge on any atom is 0.0674 e. The van der Waals surface area contributed by atoms with E-state index in [4.69, 9.17) is 5.73 Å². The first kappa shape index (κ1) is 12.0. The van der Waals surface area contributed by atoms with Gasteiger partial charge >= 0.3 is 0 Å². The van der Waals surface area contributed by atoms with Gasteiger partial charge < -0.3 is 15.7 Å². The molecule has 1 aliphatic rings. The van der Waals surface area contributed by atoms with E-state index in [1.54, 1.807) is 0 Å². The van der Waals surface area contributed by atoms with Crippen molar-refractivity contribution in [3.8, 4) is 0 Å². The highest BCUT2D eigenvalue weighted by atomic mass is 16.3. The molecule has 1 saturated heterocycles. The van der Waals surface area contributed by atoms with Gasteiger partial charge in [0.05, 0.1) is 6.10 Å². The molecule has 3 N–H and O–H groups in total. The number of rotatable bonds is 5. The molecule has 0 aromatic rings. The summed E-state index contributed by atoms with van der Waals surface area (Å²) in [4.78, 5) is 2.52. The summed E-state index contributed by atoms with van der Waals surface area (Å²) in [5.41, 5.74) is 5.39. The van der Waals surface area contributed by atoms with Gasteiger partial charge in [-0.3, -0.25) is 0 Å². The summed E-state index contributed by atoms with van der Waals surface area (Å²) in [6.45, 7) is 4.86. The number of aliphatic hydroxyl groups is 1. The van der Waals surface area contributed by atoms with Gasteiger partial charge in [-0.15, -0.1) is 0 Å². The van der Waals surface area contributed by atoms with Crippen LogP contribution in [0.15, 0.2) is 0 Å². The van der Waals surface area contributed by atoms with Crippen molar-refractivity contribution in [3.63, 3.8) is 0 Å². The third-order valence-electron chi connectivity index (χ3n) is 3.24. The van der Waals surface area contributed by atoms with E-state index in [9.17, 15) is 5.11 Å². The summed E-state index contributed by atoms with van der Waals surface area (Å²) < 4.78 is 0. The molecule has 0 amide bonds. The second-order valence-electron chi connectivity index (χ2n) is 4.27. The van der Waals surface area contributed by atoms with Crippen LogP contribution in [0.2, 0.25) is 0 Å². The van der Waals surface area contributed by atoms with Crippen molar-refractivity contribution < 1.29 is 5.11 Å². The summed E-state index contributed by atoms with van der Waals surface area (Å²) >= 11 is 0. The van der Waals surface area contributed by atoms with Gasteiger partial charge in [-0.25, -0.2) is 0 Å². The van der Waals surface area contributed by atoms with Crippen molar-refractivity contribution >= 4 is 0 Å². The van der Waals surface area contributed by atoms with Gasteiger partial charge in [0.1, 0.15) is 0 Å². The molecule has 0 spiro atoms. The van der Waals surface area contributed by atoms with Crippen molar-refractivity contribution in [2.45, 2.75) is 51.2 Å². The lowest BCUT2D eigenvalue weighted by molar-refractivity contribution is 0.104. The molecule has 0 radical (unpaired) electrons. The summed E-state index contributed by atoms with van der Waals surface area (Å²) in [7, 11) is 0. The Morgan fingerprint density at radius 2 is 2.29 bits per heavy atom. The van der Waals surface area contributed by atoms with Crippen molar-refractivity contribution in [1.82, 2.24) is 4.90 Å². The molecule has 0 bridgehead atoms. The molecule has 1 fully saturated rings. The van der Waals surface area contributed by atoms with E-state index in [1.165, 1.54) is 32.2 Å². The van der Waals surface area contributed by atoms with Crippen LogP contribution in [0.5, 0.6) is 0 Å². The van der Waals surface area contributed by atoms with Crippen LogP contribution >= 0.6 is 0 Å². The molecular weight excluding hydrogens is 176 g/mol. The third kappa shape index (κ3) is 3.56. The van der Waals surface area contributed by atoms with E-state index in [1.807, 2.05) is 0 Å². The highest BCUT2D eigenvalue weighted by Gasteiger charge is 2.20. The molecule has 3 heteroatoms. The van der Waals surface area contributed by atoms with Crippen LogP contribution in [0, 0.1) is 0 Å². The van der Waals surface area contributed by atoms with Crippen LogP contribution in [0.1, 0.15) is 39.0 Å². The number of likely N-dealkylation sites (tertiary alicyclic amines) is 1. The lowest BCUT2D eigenvalue weighted by Gasteiger charge is -2.35. The van der Waals surface area contributed by atoms with E-state index in [0.29, 0.717) is 6.54 Å². The van der Waals surface area contributed by atoms with Crippen LogP contribution < -0.4 is 5.73 Å². The van der Waals surface area contributed by atoms with Gasteiger partial charge in [0, 0.05) is 19.1 Å². The number of aliphatic hydroxyl groups excluding tert-OH is 1. The minimum Gasteiger partial charge on any atom is -0.392 e. The van der Waals surface area contributed by atoms with Crippen molar-refractivity contribution in [3.05, 3.63) is 0 Å². The Balaban J connectivity index is 2.26. The molecule has 2 unspecified atom stereocenters. The highest BCUT2D eigenvalue weighted by Crippen LogP contribution is 2.19. The van der Waals surface area contributed by atoms with E-state index >= 15 is 0 Å². The van der Waals surface area contributed by atoms with E-state index in [-0.39, 0.29) is 6.10 Å². The van der Waals surface area contributed by atoms with Crippen LogP contribution in [-0.4, -0.2) is 41.8 Å². The van der Waals surface area contributed by atoms with Crippen molar-refractivity contribution in [2.24, 2.45) is 5.73 Å². The maximum absolute atomic E-state index is 9.40. The molecule has 2 atom stereocenters. The van der Waals surface area contributed by atoms with Gasteiger partial charge in [-0.05, 0) is 32.2 Å². The largest absolute Gasteiger partial charge is 0.392 e. The zero-order chi connectivity index (χ0) is 10.4.